The number of hydrazine groups is 1. The van der Waals surface area contributed by atoms with Crippen LogP contribution in [0.15, 0.2) is 24.3 Å². The highest BCUT2D eigenvalue weighted by molar-refractivity contribution is 5.90. The molecule has 0 spiro atoms. The third-order valence-electron chi connectivity index (χ3n) is 3.54. The second-order valence-electron chi connectivity index (χ2n) is 5.09. The Morgan fingerprint density at radius 1 is 1.19 bits per heavy atom. The van der Waals surface area contributed by atoms with Crippen LogP contribution in [-0.4, -0.2) is 40.5 Å². The maximum Gasteiger partial charge on any atom is 0.239 e. The molecule has 21 heavy (non-hydrogen) atoms. The van der Waals surface area contributed by atoms with Crippen molar-refractivity contribution in [1.82, 2.24) is 14.9 Å². The molecular weight excluding hydrogens is 264 g/mol. The lowest BCUT2D eigenvalue weighted by molar-refractivity contribution is 0.294. The van der Waals surface area contributed by atoms with Gasteiger partial charge in [-0.25, -0.2) is 10.8 Å². The van der Waals surface area contributed by atoms with Gasteiger partial charge >= 0.3 is 0 Å². The molecule has 0 saturated heterocycles. The third-order valence-corrected chi connectivity index (χ3v) is 3.54. The Morgan fingerprint density at radius 2 is 1.90 bits per heavy atom. The molecule has 1 aromatic carbocycles. The number of hydrogen-bond donors (Lipinski definition) is 3. The summed E-state index contributed by atoms with van der Waals surface area (Å²) in [7, 11) is 0. The van der Waals surface area contributed by atoms with Gasteiger partial charge in [0.25, 0.3) is 0 Å². The van der Waals surface area contributed by atoms with Crippen molar-refractivity contribution < 1.29 is 0 Å². The number of hydrogen-bond acceptors (Lipinski definition) is 6. The monoisotopic (exact) mass is 288 g/mol. The highest BCUT2D eigenvalue weighted by Gasteiger charge is 2.11. The summed E-state index contributed by atoms with van der Waals surface area (Å²) in [5.41, 5.74) is 3.40. The van der Waals surface area contributed by atoms with Crippen molar-refractivity contribution in [3.05, 3.63) is 24.3 Å². The average molecular weight is 288 g/mol. The van der Waals surface area contributed by atoms with Gasteiger partial charge in [-0.2, -0.15) is 4.98 Å². The van der Waals surface area contributed by atoms with Crippen LogP contribution in [0.4, 0.5) is 11.8 Å². The average Bonchev–Trinajstić information content (AvgIpc) is 2.52. The Kier molecular flexibility index (Phi) is 5.30. The van der Waals surface area contributed by atoms with Gasteiger partial charge in [0.15, 0.2) is 0 Å². The van der Waals surface area contributed by atoms with Crippen molar-refractivity contribution in [3.63, 3.8) is 0 Å². The van der Waals surface area contributed by atoms with E-state index in [-0.39, 0.29) is 6.04 Å². The smallest absolute Gasteiger partial charge is 0.239 e. The number of rotatable bonds is 7. The van der Waals surface area contributed by atoms with E-state index in [1.165, 1.54) is 0 Å². The van der Waals surface area contributed by atoms with Gasteiger partial charge in [0.1, 0.15) is 5.82 Å². The molecule has 6 nitrogen and oxygen atoms in total. The van der Waals surface area contributed by atoms with Crippen molar-refractivity contribution in [3.8, 4) is 0 Å². The lowest BCUT2D eigenvalue weighted by Gasteiger charge is -2.24. The van der Waals surface area contributed by atoms with E-state index in [4.69, 9.17) is 5.84 Å². The molecule has 0 saturated carbocycles. The summed E-state index contributed by atoms with van der Waals surface area (Å²) < 4.78 is 0. The summed E-state index contributed by atoms with van der Waals surface area (Å²) in [5.74, 6) is 6.69. The summed E-state index contributed by atoms with van der Waals surface area (Å²) in [6.45, 7) is 9.56. The molecule has 0 aliphatic rings. The van der Waals surface area contributed by atoms with Crippen molar-refractivity contribution in [1.29, 1.82) is 0 Å². The number of anilines is 2. The molecule has 0 radical (unpaired) electrons. The molecule has 114 valence electrons. The second kappa shape index (κ2) is 7.19. The van der Waals surface area contributed by atoms with Crippen LogP contribution in [0.3, 0.4) is 0 Å². The molecule has 0 aliphatic carbocycles. The first-order valence-corrected chi connectivity index (χ1v) is 7.40. The highest BCUT2D eigenvalue weighted by atomic mass is 15.3. The van der Waals surface area contributed by atoms with Crippen molar-refractivity contribution in [2.75, 3.05) is 30.4 Å². The van der Waals surface area contributed by atoms with Crippen LogP contribution in [0.1, 0.15) is 20.8 Å². The second-order valence-corrected chi connectivity index (χ2v) is 5.09. The lowest BCUT2D eigenvalue weighted by Crippen LogP contribution is -2.35. The van der Waals surface area contributed by atoms with Crippen LogP contribution in [0.2, 0.25) is 0 Å². The molecule has 0 amide bonds. The number of likely N-dealkylation sites (N-methyl/N-ethyl adjacent to an activating group) is 1. The molecule has 1 aromatic heterocycles. The first-order chi connectivity index (χ1) is 10.2. The normalized spacial score (nSPS) is 12.6. The van der Waals surface area contributed by atoms with Crippen LogP contribution in [0.25, 0.3) is 10.9 Å². The Hall–Kier alpha value is -1.92. The molecule has 6 heteroatoms. The number of benzene rings is 1. The molecule has 1 atom stereocenters. The molecule has 2 aromatic rings. The molecule has 2 rings (SSSR count). The standard InChI is InChI=1S/C15H24N6/c1-4-21(5-2)10-11(3)17-14-12-8-6-7-9-13(12)18-15(19-14)20-16/h6-9,11H,4-5,10,16H2,1-3H3,(H2,17,18,19,20). The Bertz CT molecular complexity index is 581. The Balaban J connectivity index is 2.24. The van der Waals surface area contributed by atoms with Gasteiger partial charge in [-0.1, -0.05) is 26.0 Å². The quantitative estimate of drug-likeness (QED) is 0.534. The molecule has 0 bridgehead atoms. The number of nitrogen functional groups attached to an aromatic ring is 1. The van der Waals surface area contributed by atoms with Crippen LogP contribution in [0.5, 0.6) is 0 Å². The van der Waals surface area contributed by atoms with Crippen molar-refractivity contribution in [2.24, 2.45) is 5.84 Å². The SMILES string of the molecule is CCN(CC)CC(C)Nc1nc(NN)nc2ccccc12. The van der Waals surface area contributed by atoms with E-state index >= 15 is 0 Å². The highest BCUT2D eigenvalue weighted by Crippen LogP contribution is 2.22. The minimum absolute atomic E-state index is 0.286. The third kappa shape index (κ3) is 3.80. The first-order valence-electron chi connectivity index (χ1n) is 7.40. The van der Waals surface area contributed by atoms with Gasteiger partial charge in [-0.05, 0) is 32.1 Å². The van der Waals surface area contributed by atoms with E-state index in [0.717, 1.165) is 36.4 Å². The molecule has 0 fully saturated rings. The summed E-state index contributed by atoms with van der Waals surface area (Å²) in [5, 5.41) is 4.47. The first kappa shape index (κ1) is 15.5. The van der Waals surface area contributed by atoms with Gasteiger partial charge in [0.2, 0.25) is 5.95 Å². The van der Waals surface area contributed by atoms with Crippen LogP contribution in [0, 0.1) is 0 Å². The van der Waals surface area contributed by atoms with Crippen LogP contribution in [-0.2, 0) is 0 Å². The maximum atomic E-state index is 5.45. The topological polar surface area (TPSA) is 79.1 Å². The van der Waals surface area contributed by atoms with E-state index in [0.29, 0.717) is 5.95 Å². The number of nitrogens with zero attached hydrogens (tertiary/aromatic N) is 3. The fourth-order valence-corrected chi connectivity index (χ4v) is 2.40. The number of para-hydroxylation sites is 1. The Labute approximate surface area is 125 Å². The van der Waals surface area contributed by atoms with Crippen molar-refractivity contribution >= 4 is 22.7 Å². The van der Waals surface area contributed by atoms with Gasteiger partial charge in [0, 0.05) is 18.0 Å². The molecule has 4 N–H and O–H groups in total. The lowest BCUT2D eigenvalue weighted by atomic mass is 10.2. The van der Waals surface area contributed by atoms with Crippen LogP contribution < -0.4 is 16.6 Å². The van der Waals surface area contributed by atoms with Gasteiger partial charge in [-0.3, -0.25) is 5.43 Å². The zero-order valence-corrected chi connectivity index (χ0v) is 12.9. The largest absolute Gasteiger partial charge is 0.366 e. The molecular formula is C15H24N6. The van der Waals surface area contributed by atoms with Gasteiger partial charge < -0.3 is 10.2 Å². The van der Waals surface area contributed by atoms with Gasteiger partial charge in [-0.15, -0.1) is 0 Å². The number of fused-ring (bicyclic) bond motifs is 1. The number of aromatic nitrogens is 2. The summed E-state index contributed by atoms with van der Waals surface area (Å²) in [4.78, 5) is 11.2. The predicted octanol–water partition coefficient (Wildman–Crippen LogP) is 2.06. The summed E-state index contributed by atoms with van der Waals surface area (Å²) >= 11 is 0. The maximum absolute atomic E-state index is 5.45. The fraction of sp³-hybridized carbons (Fsp3) is 0.467. The van der Waals surface area contributed by atoms with E-state index in [2.05, 4.69) is 46.4 Å². The molecule has 1 heterocycles. The van der Waals surface area contributed by atoms with Gasteiger partial charge in [0.05, 0.1) is 5.52 Å². The minimum Gasteiger partial charge on any atom is -0.366 e. The zero-order valence-electron chi connectivity index (χ0n) is 12.9. The van der Waals surface area contributed by atoms with E-state index < -0.39 is 0 Å². The predicted molar refractivity (Wildman–Crippen MR) is 88.2 cm³/mol. The summed E-state index contributed by atoms with van der Waals surface area (Å²) in [6, 6.07) is 8.20. The van der Waals surface area contributed by atoms with Crippen molar-refractivity contribution in [2.45, 2.75) is 26.8 Å². The zero-order chi connectivity index (χ0) is 15.2. The molecule has 1 unspecified atom stereocenters. The Morgan fingerprint density at radius 3 is 2.57 bits per heavy atom. The van der Waals surface area contributed by atoms with E-state index in [1.807, 2.05) is 24.3 Å². The van der Waals surface area contributed by atoms with E-state index in [1.54, 1.807) is 0 Å². The minimum atomic E-state index is 0.286. The number of nitrogens with one attached hydrogen (secondary N) is 2. The van der Waals surface area contributed by atoms with Crippen LogP contribution >= 0.6 is 0 Å². The fourth-order valence-electron chi connectivity index (χ4n) is 2.40. The number of nitrogens with two attached hydrogens (primary N) is 1. The van der Waals surface area contributed by atoms with E-state index in [9.17, 15) is 0 Å². The molecule has 0 aliphatic heterocycles. The summed E-state index contributed by atoms with van der Waals surface area (Å²) in [6.07, 6.45) is 0.